The number of nitrogens with one attached hydrogen (secondary N) is 1. The van der Waals surface area contributed by atoms with Crippen LogP contribution in [0.1, 0.15) is 23.6 Å². The van der Waals surface area contributed by atoms with Crippen molar-refractivity contribution >= 4 is 0 Å². The maximum Gasteiger partial charge on any atom is 0.0465 e. The smallest absolute Gasteiger partial charge is 0.0465 e. The molecule has 0 fully saturated rings. The number of rotatable bonds is 4. The first-order valence-corrected chi connectivity index (χ1v) is 5.61. The zero-order valence-electron chi connectivity index (χ0n) is 9.49. The van der Waals surface area contributed by atoms with Crippen molar-refractivity contribution in [1.82, 2.24) is 5.32 Å². The number of hydrogen-bond acceptors (Lipinski definition) is 2. The molecule has 0 radical (unpaired) electrons. The summed E-state index contributed by atoms with van der Waals surface area (Å²) in [6.45, 7) is 0.858. The highest BCUT2D eigenvalue weighted by molar-refractivity contribution is 5.35. The van der Waals surface area contributed by atoms with E-state index < -0.39 is 0 Å². The topological polar surface area (TPSA) is 21.3 Å². The van der Waals surface area contributed by atoms with Crippen LogP contribution in [0.2, 0.25) is 0 Å². The quantitative estimate of drug-likeness (QED) is 0.813. The van der Waals surface area contributed by atoms with Crippen molar-refractivity contribution in [3.8, 4) is 0 Å². The fourth-order valence-corrected chi connectivity index (χ4v) is 2.61. The normalized spacial score (nSPS) is 24.1. The molecule has 2 nitrogen and oxygen atoms in total. The second kappa shape index (κ2) is 4.77. The molecule has 0 aliphatic heterocycles. The molecule has 0 bridgehead atoms. The Labute approximate surface area is 91.6 Å². The minimum absolute atomic E-state index is 0.511. The predicted molar refractivity (Wildman–Crippen MR) is 61.9 cm³/mol. The molecule has 1 aliphatic carbocycles. The van der Waals surface area contributed by atoms with Gasteiger partial charge in [0, 0.05) is 19.8 Å². The van der Waals surface area contributed by atoms with Crippen molar-refractivity contribution in [3.63, 3.8) is 0 Å². The van der Waals surface area contributed by atoms with Gasteiger partial charge in [-0.15, -0.1) is 0 Å². The lowest BCUT2D eigenvalue weighted by Gasteiger charge is -2.19. The van der Waals surface area contributed by atoms with E-state index in [1.54, 1.807) is 7.11 Å². The van der Waals surface area contributed by atoms with E-state index in [0.717, 1.165) is 13.0 Å². The van der Waals surface area contributed by atoms with Crippen molar-refractivity contribution in [1.29, 1.82) is 0 Å². The Morgan fingerprint density at radius 3 is 2.93 bits per heavy atom. The molecule has 1 aromatic rings. The van der Waals surface area contributed by atoms with Crippen molar-refractivity contribution < 1.29 is 4.74 Å². The van der Waals surface area contributed by atoms with Crippen LogP contribution < -0.4 is 5.32 Å². The maximum atomic E-state index is 5.17. The number of benzene rings is 1. The monoisotopic (exact) mass is 205 g/mol. The van der Waals surface area contributed by atoms with Crippen LogP contribution >= 0.6 is 0 Å². The van der Waals surface area contributed by atoms with Crippen molar-refractivity contribution in [2.75, 3.05) is 20.8 Å². The van der Waals surface area contributed by atoms with E-state index in [0.29, 0.717) is 12.0 Å². The summed E-state index contributed by atoms with van der Waals surface area (Å²) in [6.07, 6.45) is 2.32. The largest absolute Gasteiger partial charge is 0.385 e. The van der Waals surface area contributed by atoms with Crippen LogP contribution in [0, 0.1) is 5.92 Å². The summed E-state index contributed by atoms with van der Waals surface area (Å²) < 4.78 is 5.17. The van der Waals surface area contributed by atoms with Crippen LogP contribution in [-0.4, -0.2) is 20.8 Å². The molecule has 2 heteroatoms. The molecule has 2 atom stereocenters. The summed E-state index contributed by atoms with van der Waals surface area (Å²) in [7, 11) is 3.82. The highest BCUT2D eigenvalue weighted by atomic mass is 16.5. The summed E-state index contributed by atoms with van der Waals surface area (Å²) in [4.78, 5) is 0. The van der Waals surface area contributed by atoms with E-state index in [4.69, 9.17) is 4.74 Å². The highest BCUT2D eigenvalue weighted by Crippen LogP contribution is 2.37. The van der Waals surface area contributed by atoms with Gasteiger partial charge in [-0.2, -0.15) is 0 Å². The van der Waals surface area contributed by atoms with E-state index in [-0.39, 0.29) is 0 Å². The van der Waals surface area contributed by atoms with Gasteiger partial charge in [0.1, 0.15) is 0 Å². The minimum atomic E-state index is 0.511. The molecule has 1 aromatic carbocycles. The predicted octanol–water partition coefficient (Wildman–Crippen LogP) is 2.16. The third-order valence-electron chi connectivity index (χ3n) is 3.35. The average Bonchev–Trinajstić information content (AvgIpc) is 2.63. The summed E-state index contributed by atoms with van der Waals surface area (Å²) in [5.74, 6) is 0.687. The zero-order valence-corrected chi connectivity index (χ0v) is 9.49. The van der Waals surface area contributed by atoms with E-state index in [1.807, 2.05) is 7.05 Å². The summed E-state index contributed by atoms with van der Waals surface area (Å²) in [5, 5.41) is 3.42. The molecule has 0 saturated heterocycles. The maximum absolute atomic E-state index is 5.17. The van der Waals surface area contributed by atoms with Gasteiger partial charge in [0.2, 0.25) is 0 Å². The van der Waals surface area contributed by atoms with Crippen LogP contribution in [0.4, 0.5) is 0 Å². The Morgan fingerprint density at radius 2 is 2.20 bits per heavy atom. The van der Waals surface area contributed by atoms with Gasteiger partial charge in [-0.1, -0.05) is 24.3 Å². The Morgan fingerprint density at radius 1 is 1.40 bits per heavy atom. The number of hydrogen-bond donors (Lipinski definition) is 1. The molecule has 2 unspecified atom stereocenters. The first-order valence-electron chi connectivity index (χ1n) is 5.61. The molecule has 2 rings (SSSR count). The van der Waals surface area contributed by atoms with Crippen LogP contribution in [-0.2, 0) is 11.2 Å². The van der Waals surface area contributed by atoms with Gasteiger partial charge in [0.05, 0.1) is 0 Å². The SMILES string of the molecule is CNC1c2ccccc2CC1CCOC. The molecule has 0 heterocycles. The standard InChI is InChI=1S/C13H19NO/c1-14-13-11(7-8-15-2)9-10-5-3-4-6-12(10)13/h3-6,11,13-14H,7-9H2,1-2H3. The number of methoxy groups -OCH3 is 1. The van der Waals surface area contributed by atoms with Gasteiger partial charge in [-0.3, -0.25) is 0 Å². The van der Waals surface area contributed by atoms with Gasteiger partial charge in [-0.05, 0) is 36.9 Å². The number of ether oxygens (including phenoxy) is 1. The lowest BCUT2D eigenvalue weighted by Crippen LogP contribution is -2.22. The fraction of sp³-hybridized carbons (Fsp3) is 0.538. The van der Waals surface area contributed by atoms with Gasteiger partial charge in [0.25, 0.3) is 0 Å². The first kappa shape index (κ1) is 10.7. The van der Waals surface area contributed by atoms with Gasteiger partial charge >= 0.3 is 0 Å². The minimum Gasteiger partial charge on any atom is -0.385 e. The third kappa shape index (κ3) is 2.06. The Hall–Kier alpha value is -0.860. The Balaban J connectivity index is 2.13. The molecule has 1 N–H and O–H groups in total. The fourth-order valence-electron chi connectivity index (χ4n) is 2.61. The van der Waals surface area contributed by atoms with Gasteiger partial charge in [-0.25, -0.2) is 0 Å². The zero-order chi connectivity index (χ0) is 10.7. The van der Waals surface area contributed by atoms with Gasteiger partial charge in [0.15, 0.2) is 0 Å². The lowest BCUT2D eigenvalue weighted by atomic mass is 9.98. The molecule has 82 valence electrons. The van der Waals surface area contributed by atoms with Crippen molar-refractivity contribution in [2.45, 2.75) is 18.9 Å². The Kier molecular flexibility index (Phi) is 3.39. The molecule has 0 spiro atoms. The first-order chi connectivity index (χ1) is 7.36. The van der Waals surface area contributed by atoms with Crippen molar-refractivity contribution in [2.24, 2.45) is 5.92 Å². The molecule has 15 heavy (non-hydrogen) atoms. The summed E-state index contributed by atoms with van der Waals surface area (Å²) >= 11 is 0. The molecular weight excluding hydrogens is 186 g/mol. The van der Waals surface area contributed by atoms with Crippen LogP contribution in [0.15, 0.2) is 24.3 Å². The van der Waals surface area contributed by atoms with Crippen molar-refractivity contribution in [3.05, 3.63) is 35.4 Å². The molecule has 0 amide bonds. The summed E-state index contributed by atoms with van der Waals surface area (Å²) in [5.41, 5.74) is 2.97. The molecule has 0 aromatic heterocycles. The van der Waals surface area contributed by atoms with Crippen LogP contribution in [0.3, 0.4) is 0 Å². The number of fused-ring (bicyclic) bond motifs is 1. The highest BCUT2D eigenvalue weighted by Gasteiger charge is 2.30. The second-order valence-electron chi connectivity index (χ2n) is 4.21. The van der Waals surface area contributed by atoms with Crippen LogP contribution in [0.25, 0.3) is 0 Å². The molecule has 1 aliphatic rings. The second-order valence-corrected chi connectivity index (χ2v) is 4.21. The van der Waals surface area contributed by atoms with E-state index in [9.17, 15) is 0 Å². The van der Waals surface area contributed by atoms with Gasteiger partial charge < -0.3 is 10.1 Å². The average molecular weight is 205 g/mol. The lowest BCUT2D eigenvalue weighted by molar-refractivity contribution is 0.170. The van der Waals surface area contributed by atoms with Crippen LogP contribution in [0.5, 0.6) is 0 Å². The third-order valence-corrected chi connectivity index (χ3v) is 3.35. The van der Waals surface area contributed by atoms with E-state index >= 15 is 0 Å². The molecule has 0 saturated carbocycles. The van der Waals surface area contributed by atoms with E-state index in [2.05, 4.69) is 29.6 Å². The molecular formula is C13H19NO. The summed E-state index contributed by atoms with van der Waals surface area (Å²) in [6, 6.07) is 9.25. The van der Waals surface area contributed by atoms with E-state index in [1.165, 1.54) is 17.5 Å². The Bertz CT molecular complexity index is 324.